The minimum absolute atomic E-state index is 0.00783. The quantitative estimate of drug-likeness (QED) is 0.338. The molecule has 0 radical (unpaired) electrons. The number of benzene rings is 2. The van der Waals surface area contributed by atoms with Crippen molar-refractivity contribution in [3.05, 3.63) is 69.5 Å². The predicted octanol–water partition coefficient (Wildman–Crippen LogP) is 2.66. The van der Waals surface area contributed by atoms with E-state index in [9.17, 15) is 24.1 Å². The van der Waals surface area contributed by atoms with Crippen LogP contribution >= 0.6 is 0 Å². The minimum Gasteiger partial charge on any atom is -0.452 e. The van der Waals surface area contributed by atoms with Crippen LogP contribution in [0.25, 0.3) is 0 Å². The summed E-state index contributed by atoms with van der Waals surface area (Å²) in [7, 11) is 0. The smallest absolute Gasteiger partial charge is 0.341 e. The summed E-state index contributed by atoms with van der Waals surface area (Å²) in [5.74, 6) is -1.82. The van der Waals surface area contributed by atoms with Gasteiger partial charge in [-0.3, -0.25) is 14.9 Å². The molecule has 0 aliphatic heterocycles. The first-order chi connectivity index (χ1) is 13.4. The van der Waals surface area contributed by atoms with Crippen molar-refractivity contribution in [2.75, 3.05) is 12.3 Å². The fourth-order valence-electron chi connectivity index (χ4n) is 2.74. The molecule has 1 aliphatic rings. The van der Waals surface area contributed by atoms with Crippen LogP contribution < -0.4 is 5.73 Å². The number of rotatable bonds is 7. The van der Waals surface area contributed by atoms with Crippen molar-refractivity contribution in [1.29, 1.82) is 0 Å². The van der Waals surface area contributed by atoms with Crippen LogP contribution in [-0.2, 0) is 16.1 Å². The molecule has 28 heavy (non-hydrogen) atoms. The highest BCUT2D eigenvalue weighted by Crippen LogP contribution is 2.29. The second-order valence-electron chi connectivity index (χ2n) is 6.45. The van der Waals surface area contributed by atoms with E-state index in [1.165, 1.54) is 23.1 Å². The molecular weight excluding hydrogens is 369 g/mol. The molecule has 0 heterocycles. The highest BCUT2D eigenvalue weighted by molar-refractivity contribution is 5.97. The number of hydrogen-bond donors (Lipinski definition) is 1. The first-order valence-electron chi connectivity index (χ1n) is 8.60. The Morgan fingerprint density at radius 3 is 2.61 bits per heavy atom. The Labute approximate surface area is 159 Å². The summed E-state index contributed by atoms with van der Waals surface area (Å²) in [5, 5.41) is 10.8. The van der Waals surface area contributed by atoms with E-state index in [4.69, 9.17) is 10.5 Å². The Balaban J connectivity index is 1.66. The number of amides is 1. The van der Waals surface area contributed by atoms with Gasteiger partial charge in [-0.05, 0) is 25.0 Å². The molecule has 2 aromatic rings. The van der Waals surface area contributed by atoms with Crippen molar-refractivity contribution in [3.63, 3.8) is 0 Å². The van der Waals surface area contributed by atoms with Crippen molar-refractivity contribution < 1.29 is 23.6 Å². The molecule has 1 fully saturated rings. The normalized spacial score (nSPS) is 13.0. The van der Waals surface area contributed by atoms with Gasteiger partial charge in [-0.2, -0.15) is 0 Å². The van der Waals surface area contributed by atoms with Crippen LogP contribution in [0.15, 0.2) is 42.5 Å². The topological polar surface area (TPSA) is 116 Å². The molecule has 0 saturated heterocycles. The molecule has 1 saturated carbocycles. The molecule has 146 valence electrons. The number of esters is 1. The Hall–Kier alpha value is -3.49. The summed E-state index contributed by atoms with van der Waals surface area (Å²) in [4.78, 5) is 36.4. The standard InChI is InChI=1S/C19H18FN3O5/c20-16-4-2-1-3-12(16)10-22(13-5-6-13)18(24)11-28-19(25)15-9-14(23(26)27)7-8-17(15)21/h1-4,7-9,13H,5-6,10-11,21H2. The average molecular weight is 387 g/mol. The van der Waals surface area contributed by atoms with Gasteiger partial charge in [0.2, 0.25) is 0 Å². The van der Waals surface area contributed by atoms with Gasteiger partial charge in [-0.25, -0.2) is 9.18 Å². The molecule has 2 N–H and O–H groups in total. The molecule has 2 aromatic carbocycles. The zero-order valence-electron chi connectivity index (χ0n) is 14.8. The summed E-state index contributed by atoms with van der Waals surface area (Å²) in [5.41, 5.74) is 5.55. The van der Waals surface area contributed by atoms with Crippen LogP contribution in [0.3, 0.4) is 0 Å². The van der Waals surface area contributed by atoms with Gasteiger partial charge in [0.05, 0.1) is 10.5 Å². The number of carbonyl (C=O) groups is 2. The van der Waals surface area contributed by atoms with Crippen LogP contribution in [0.5, 0.6) is 0 Å². The number of hydrogen-bond acceptors (Lipinski definition) is 6. The number of nitrogens with zero attached hydrogens (tertiary/aromatic N) is 2. The second kappa shape index (κ2) is 8.03. The molecule has 1 amide bonds. The molecule has 0 aromatic heterocycles. The number of nitrogens with two attached hydrogens (primary N) is 1. The van der Waals surface area contributed by atoms with E-state index in [2.05, 4.69) is 0 Å². The number of ether oxygens (including phenoxy) is 1. The van der Waals surface area contributed by atoms with Gasteiger partial charge >= 0.3 is 5.97 Å². The van der Waals surface area contributed by atoms with E-state index in [0.717, 1.165) is 18.9 Å². The third-order valence-electron chi connectivity index (χ3n) is 4.40. The monoisotopic (exact) mass is 387 g/mol. The first-order valence-corrected chi connectivity index (χ1v) is 8.60. The lowest BCUT2D eigenvalue weighted by atomic mass is 10.1. The summed E-state index contributed by atoms with van der Waals surface area (Å²) in [6.45, 7) is -0.488. The van der Waals surface area contributed by atoms with Crippen LogP contribution in [0.1, 0.15) is 28.8 Å². The van der Waals surface area contributed by atoms with Gasteiger partial charge in [0.25, 0.3) is 11.6 Å². The Morgan fingerprint density at radius 1 is 1.25 bits per heavy atom. The van der Waals surface area contributed by atoms with E-state index in [1.54, 1.807) is 18.2 Å². The molecule has 9 heteroatoms. The van der Waals surface area contributed by atoms with Crippen LogP contribution in [-0.4, -0.2) is 34.3 Å². The van der Waals surface area contributed by atoms with E-state index in [0.29, 0.717) is 5.56 Å². The van der Waals surface area contributed by atoms with Gasteiger partial charge in [-0.15, -0.1) is 0 Å². The fraction of sp³-hybridized carbons (Fsp3) is 0.263. The largest absolute Gasteiger partial charge is 0.452 e. The average Bonchev–Trinajstić information content (AvgIpc) is 3.50. The number of nitro benzene ring substituents is 1. The zero-order valence-corrected chi connectivity index (χ0v) is 14.8. The molecule has 3 rings (SSSR count). The lowest BCUT2D eigenvalue weighted by molar-refractivity contribution is -0.384. The molecule has 0 spiro atoms. The van der Waals surface area contributed by atoms with Gasteiger partial charge in [0, 0.05) is 36.0 Å². The van der Waals surface area contributed by atoms with Crippen molar-refractivity contribution in [3.8, 4) is 0 Å². The number of anilines is 1. The second-order valence-corrected chi connectivity index (χ2v) is 6.45. The molecule has 0 unspecified atom stereocenters. The zero-order chi connectivity index (χ0) is 20.3. The van der Waals surface area contributed by atoms with Crippen molar-refractivity contribution in [2.24, 2.45) is 0 Å². The lowest BCUT2D eigenvalue weighted by Gasteiger charge is -2.22. The van der Waals surface area contributed by atoms with E-state index >= 15 is 0 Å². The first kappa shape index (κ1) is 19.3. The maximum atomic E-state index is 13.9. The van der Waals surface area contributed by atoms with Crippen LogP contribution in [0.2, 0.25) is 0 Å². The fourth-order valence-corrected chi connectivity index (χ4v) is 2.74. The van der Waals surface area contributed by atoms with Crippen LogP contribution in [0, 0.1) is 15.9 Å². The predicted molar refractivity (Wildman–Crippen MR) is 97.8 cm³/mol. The van der Waals surface area contributed by atoms with Crippen molar-refractivity contribution >= 4 is 23.3 Å². The third kappa shape index (κ3) is 4.43. The number of non-ortho nitro benzene ring substituents is 1. The molecule has 0 atom stereocenters. The Bertz CT molecular complexity index is 930. The summed E-state index contributed by atoms with van der Waals surface area (Å²) in [6, 6.07) is 9.52. The highest BCUT2D eigenvalue weighted by atomic mass is 19.1. The van der Waals surface area contributed by atoms with Crippen molar-refractivity contribution in [2.45, 2.75) is 25.4 Å². The van der Waals surface area contributed by atoms with Gasteiger partial charge in [-0.1, -0.05) is 18.2 Å². The summed E-state index contributed by atoms with van der Waals surface area (Å²) < 4.78 is 18.9. The van der Waals surface area contributed by atoms with Gasteiger partial charge in [0.1, 0.15) is 5.82 Å². The number of nitrogen functional groups attached to an aromatic ring is 1. The number of carbonyl (C=O) groups excluding carboxylic acids is 2. The maximum Gasteiger partial charge on any atom is 0.341 e. The summed E-state index contributed by atoms with van der Waals surface area (Å²) >= 11 is 0. The molecule has 0 bridgehead atoms. The van der Waals surface area contributed by atoms with Crippen molar-refractivity contribution in [1.82, 2.24) is 4.90 Å². The molecule has 8 nitrogen and oxygen atoms in total. The lowest BCUT2D eigenvalue weighted by Crippen LogP contribution is -2.36. The SMILES string of the molecule is Nc1ccc([N+](=O)[O-])cc1C(=O)OCC(=O)N(Cc1ccccc1F)C1CC1. The van der Waals surface area contributed by atoms with Gasteiger partial charge in [0.15, 0.2) is 6.61 Å². The molecule has 1 aliphatic carbocycles. The third-order valence-corrected chi connectivity index (χ3v) is 4.40. The van der Waals surface area contributed by atoms with Crippen LogP contribution in [0.4, 0.5) is 15.8 Å². The summed E-state index contributed by atoms with van der Waals surface area (Å²) in [6.07, 6.45) is 1.60. The van der Waals surface area contributed by atoms with E-state index in [1.807, 2.05) is 0 Å². The number of nitro groups is 1. The van der Waals surface area contributed by atoms with Gasteiger partial charge < -0.3 is 15.4 Å². The highest BCUT2D eigenvalue weighted by Gasteiger charge is 2.33. The Morgan fingerprint density at radius 2 is 1.96 bits per heavy atom. The minimum atomic E-state index is -0.934. The number of halogens is 1. The Kier molecular flexibility index (Phi) is 5.53. The van der Waals surface area contributed by atoms with E-state index < -0.39 is 29.2 Å². The molecular formula is C19H18FN3O5. The maximum absolute atomic E-state index is 13.9. The van der Waals surface area contributed by atoms with E-state index in [-0.39, 0.29) is 29.5 Å².